The molecule has 3 heteroatoms. The lowest BCUT2D eigenvalue weighted by Gasteiger charge is -2.29. The van der Waals surface area contributed by atoms with Gasteiger partial charge in [0.25, 0.3) is 0 Å². The zero-order valence-corrected chi connectivity index (χ0v) is 8.96. The van der Waals surface area contributed by atoms with Gasteiger partial charge in [0, 0.05) is 5.56 Å². The van der Waals surface area contributed by atoms with Gasteiger partial charge >= 0.3 is 5.97 Å². The zero-order chi connectivity index (χ0) is 11.2. The molecule has 0 amide bonds. The van der Waals surface area contributed by atoms with Gasteiger partial charge in [0.15, 0.2) is 0 Å². The van der Waals surface area contributed by atoms with Gasteiger partial charge in [-0.2, -0.15) is 0 Å². The summed E-state index contributed by atoms with van der Waals surface area (Å²) in [6, 6.07) is 4.68. The lowest BCUT2D eigenvalue weighted by molar-refractivity contribution is -0.139. The van der Waals surface area contributed by atoms with E-state index >= 15 is 0 Å². The second kappa shape index (κ2) is 3.30. The maximum atomic E-state index is 13.9. The SMILES string of the molecule is O=C1Oc2cccc(F)c2C12CCCCC2. The number of ether oxygens (including phenoxy) is 1. The van der Waals surface area contributed by atoms with Crippen LogP contribution in [0.5, 0.6) is 5.75 Å². The maximum Gasteiger partial charge on any atom is 0.322 e. The predicted octanol–water partition coefficient (Wildman–Crippen LogP) is 2.95. The molecular formula is C13H13FO2. The molecule has 0 aromatic heterocycles. The average Bonchev–Trinajstić information content (AvgIpc) is 2.55. The third kappa shape index (κ3) is 1.14. The highest BCUT2D eigenvalue weighted by molar-refractivity contribution is 5.90. The first-order valence-electron chi connectivity index (χ1n) is 5.75. The smallest absolute Gasteiger partial charge is 0.322 e. The number of hydrogen-bond acceptors (Lipinski definition) is 2. The summed E-state index contributed by atoms with van der Waals surface area (Å²) in [4.78, 5) is 12.0. The van der Waals surface area contributed by atoms with E-state index in [1.54, 1.807) is 12.1 Å². The average molecular weight is 220 g/mol. The molecule has 1 aliphatic heterocycles. The first-order valence-corrected chi connectivity index (χ1v) is 5.75. The van der Waals surface area contributed by atoms with Crippen molar-refractivity contribution < 1.29 is 13.9 Å². The van der Waals surface area contributed by atoms with Crippen LogP contribution in [0.15, 0.2) is 18.2 Å². The van der Waals surface area contributed by atoms with Crippen molar-refractivity contribution in [1.82, 2.24) is 0 Å². The van der Waals surface area contributed by atoms with Crippen molar-refractivity contribution in [3.8, 4) is 5.75 Å². The first-order chi connectivity index (χ1) is 7.74. The summed E-state index contributed by atoms with van der Waals surface area (Å²) in [5.41, 5.74) is -0.182. The molecule has 0 N–H and O–H groups in total. The molecule has 1 fully saturated rings. The Labute approximate surface area is 93.4 Å². The Morgan fingerprint density at radius 1 is 1.19 bits per heavy atom. The Kier molecular flexibility index (Phi) is 2.03. The van der Waals surface area contributed by atoms with Gasteiger partial charge in [0.2, 0.25) is 0 Å². The van der Waals surface area contributed by atoms with E-state index in [0.29, 0.717) is 11.3 Å². The molecule has 1 aromatic carbocycles. The van der Waals surface area contributed by atoms with Crippen LogP contribution in [-0.4, -0.2) is 5.97 Å². The molecule has 0 radical (unpaired) electrons. The summed E-state index contributed by atoms with van der Waals surface area (Å²) >= 11 is 0. The quantitative estimate of drug-likeness (QED) is 0.496. The van der Waals surface area contributed by atoms with Crippen molar-refractivity contribution in [2.24, 2.45) is 0 Å². The van der Waals surface area contributed by atoms with Gasteiger partial charge in [-0.05, 0) is 25.0 Å². The fourth-order valence-electron chi connectivity index (χ4n) is 2.96. The summed E-state index contributed by atoms with van der Waals surface area (Å²) in [6.45, 7) is 0. The molecular weight excluding hydrogens is 207 g/mol. The van der Waals surface area contributed by atoms with E-state index in [4.69, 9.17) is 4.74 Å². The van der Waals surface area contributed by atoms with Crippen LogP contribution in [0.2, 0.25) is 0 Å². The number of carbonyl (C=O) groups is 1. The normalized spacial score (nSPS) is 21.9. The second-order valence-electron chi connectivity index (χ2n) is 4.65. The molecule has 0 unspecified atom stereocenters. The van der Waals surface area contributed by atoms with Gasteiger partial charge in [0.1, 0.15) is 11.6 Å². The Bertz CT molecular complexity index is 447. The summed E-state index contributed by atoms with van der Waals surface area (Å²) in [5, 5.41) is 0. The van der Waals surface area contributed by atoms with Crippen LogP contribution in [0.3, 0.4) is 0 Å². The van der Waals surface area contributed by atoms with E-state index < -0.39 is 5.41 Å². The fourth-order valence-corrected chi connectivity index (χ4v) is 2.96. The van der Waals surface area contributed by atoms with Gasteiger partial charge in [-0.15, -0.1) is 0 Å². The zero-order valence-electron chi connectivity index (χ0n) is 8.96. The highest BCUT2D eigenvalue weighted by atomic mass is 19.1. The van der Waals surface area contributed by atoms with E-state index in [9.17, 15) is 9.18 Å². The standard InChI is InChI=1S/C13H13FO2/c14-9-5-4-6-10-11(9)13(12(15)16-10)7-2-1-3-8-13/h4-6H,1-3,7-8H2. The van der Waals surface area contributed by atoms with Crippen molar-refractivity contribution >= 4 is 5.97 Å². The van der Waals surface area contributed by atoms with E-state index in [2.05, 4.69) is 0 Å². The third-order valence-electron chi connectivity index (χ3n) is 3.75. The van der Waals surface area contributed by atoms with Crippen molar-refractivity contribution in [3.63, 3.8) is 0 Å². The number of halogens is 1. The Morgan fingerprint density at radius 3 is 2.69 bits per heavy atom. The van der Waals surface area contributed by atoms with Crippen LogP contribution in [0.4, 0.5) is 4.39 Å². The topological polar surface area (TPSA) is 26.3 Å². The summed E-state index contributed by atoms with van der Waals surface area (Å²) < 4.78 is 19.1. The maximum absolute atomic E-state index is 13.9. The largest absolute Gasteiger partial charge is 0.425 e. The molecule has 2 nitrogen and oxygen atoms in total. The molecule has 1 aliphatic carbocycles. The second-order valence-corrected chi connectivity index (χ2v) is 4.65. The van der Waals surface area contributed by atoms with Crippen molar-refractivity contribution in [2.45, 2.75) is 37.5 Å². The van der Waals surface area contributed by atoms with Gasteiger partial charge < -0.3 is 4.74 Å². The molecule has 16 heavy (non-hydrogen) atoms. The summed E-state index contributed by atoms with van der Waals surface area (Å²) in [5.74, 6) is -0.135. The highest BCUT2D eigenvalue weighted by Crippen LogP contribution is 2.49. The summed E-state index contributed by atoms with van der Waals surface area (Å²) in [7, 11) is 0. The van der Waals surface area contributed by atoms with Crippen LogP contribution in [0, 0.1) is 5.82 Å². The van der Waals surface area contributed by atoms with E-state index in [-0.39, 0.29) is 11.8 Å². The van der Waals surface area contributed by atoms with Crippen molar-refractivity contribution in [1.29, 1.82) is 0 Å². The predicted molar refractivity (Wildman–Crippen MR) is 56.8 cm³/mol. The lowest BCUT2D eigenvalue weighted by atomic mass is 9.70. The molecule has 0 saturated heterocycles. The number of fused-ring (bicyclic) bond motifs is 2. The van der Waals surface area contributed by atoms with Crippen LogP contribution in [0.25, 0.3) is 0 Å². The molecule has 1 aromatic rings. The Balaban J connectivity index is 2.17. The summed E-state index contributed by atoms with van der Waals surface area (Å²) in [6.07, 6.45) is 4.52. The van der Waals surface area contributed by atoms with Gasteiger partial charge in [-0.3, -0.25) is 4.79 Å². The molecule has 0 bridgehead atoms. The molecule has 2 aliphatic rings. The number of esters is 1. The van der Waals surface area contributed by atoms with E-state index in [0.717, 1.165) is 32.1 Å². The molecule has 3 rings (SSSR count). The number of carbonyl (C=O) groups excluding carboxylic acids is 1. The van der Waals surface area contributed by atoms with Crippen LogP contribution in [0.1, 0.15) is 37.7 Å². The minimum absolute atomic E-state index is 0.257. The molecule has 1 heterocycles. The monoisotopic (exact) mass is 220 g/mol. The number of benzene rings is 1. The Morgan fingerprint density at radius 2 is 1.94 bits per heavy atom. The Hall–Kier alpha value is -1.38. The third-order valence-corrected chi connectivity index (χ3v) is 3.75. The minimum atomic E-state index is -0.682. The minimum Gasteiger partial charge on any atom is -0.425 e. The fraction of sp³-hybridized carbons (Fsp3) is 0.462. The van der Waals surface area contributed by atoms with E-state index in [1.165, 1.54) is 6.07 Å². The van der Waals surface area contributed by atoms with Gasteiger partial charge in [0.05, 0.1) is 5.41 Å². The molecule has 84 valence electrons. The first kappa shape index (κ1) is 9.82. The molecule has 1 spiro atoms. The number of hydrogen-bond donors (Lipinski definition) is 0. The lowest BCUT2D eigenvalue weighted by Crippen LogP contribution is -2.36. The van der Waals surface area contributed by atoms with Gasteiger partial charge in [-0.25, -0.2) is 4.39 Å². The van der Waals surface area contributed by atoms with Crippen LogP contribution >= 0.6 is 0 Å². The van der Waals surface area contributed by atoms with E-state index in [1.807, 2.05) is 0 Å². The molecule has 1 saturated carbocycles. The van der Waals surface area contributed by atoms with Crippen LogP contribution in [-0.2, 0) is 10.2 Å². The number of rotatable bonds is 0. The van der Waals surface area contributed by atoms with Crippen molar-refractivity contribution in [3.05, 3.63) is 29.6 Å². The molecule has 0 atom stereocenters. The highest BCUT2D eigenvalue weighted by Gasteiger charge is 2.51. The van der Waals surface area contributed by atoms with Crippen LogP contribution < -0.4 is 4.74 Å². The van der Waals surface area contributed by atoms with Crippen molar-refractivity contribution in [2.75, 3.05) is 0 Å². The van der Waals surface area contributed by atoms with Gasteiger partial charge in [-0.1, -0.05) is 25.3 Å².